The number of halogens is 2. The average Bonchev–Trinajstić information content (AvgIpc) is 2.39. The maximum atomic E-state index is 11.6. The van der Waals surface area contributed by atoms with E-state index in [2.05, 4.69) is 36.8 Å². The van der Waals surface area contributed by atoms with Crippen LogP contribution in [0, 0.1) is 0 Å². The first-order valence-electron chi connectivity index (χ1n) is 5.60. The summed E-state index contributed by atoms with van der Waals surface area (Å²) < 4.78 is 7.43. The Kier molecular flexibility index (Phi) is 4.71. The Hall–Kier alpha value is -1.20. The number of ether oxygens (including phenoxy) is 1. The minimum atomic E-state index is -0.0277. The van der Waals surface area contributed by atoms with Gasteiger partial charge in [-0.15, -0.1) is 0 Å². The van der Waals surface area contributed by atoms with Crippen LogP contribution in [0.5, 0.6) is 5.75 Å². The lowest BCUT2D eigenvalue weighted by Crippen LogP contribution is -2.02. The number of benzene rings is 1. The molecule has 0 fully saturated rings. The molecule has 1 heterocycles. The van der Waals surface area contributed by atoms with Gasteiger partial charge in [0, 0.05) is 15.1 Å². The van der Waals surface area contributed by atoms with Gasteiger partial charge < -0.3 is 4.74 Å². The molecule has 19 heavy (non-hydrogen) atoms. The summed E-state index contributed by atoms with van der Waals surface area (Å²) in [6, 6.07) is 9.15. The van der Waals surface area contributed by atoms with Gasteiger partial charge in [0.2, 0.25) is 0 Å². The topological polar surface area (TPSA) is 39.2 Å². The summed E-state index contributed by atoms with van der Waals surface area (Å²) in [6.45, 7) is 1.85. The predicted molar refractivity (Wildman–Crippen MR) is 80.4 cm³/mol. The Bertz CT molecular complexity index is 597. The van der Waals surface area contributed by atoms with Crippen LogP contribution >= 0.6 is 31.9 Å². The second kappa shape index (κ2) is 6.30. The first kappa shape index (κ1) is 14.2. The fourth-order valence-corrected chi connectivity index (χ4v) is 2.14. The lowest BCUT2D eigenvalue weighted by atomic mass is 10.1. The van der Waals surface area contributed by atoms with E-state index in [-0.39, 0.29) is 5.78 Å². The van der Waals surface area contributed by atoms with Gasteiger partial charge in [-0.2, -0.15) is 0 Å². The number of aromatic nitrogens is 1. The first-order chi connectivity index (χ1) is 9.06. The van der Waals surface area contributed by atoms with E-state index in [0.29, 0.717) is 17.9 Å². The van der Waals surface area contributed by atoms with Crippen LogP contribution in [-0.2, 0) is 6.61 Å². The van der Waals surface area contributed by atoms with Gasteiger partial charge in [-0.3, -0.25) is 9.78 Å². The molecule has 0 N–H and O–H groups in total. The van der Waals surface area contributed by atoms with Crippen LogP contribution in [-0.4, -0.2) is 10.8 Å². The van der Waals surface area contributed by atoms with Crippen LogP contribution in [0.1, 0.15) is 23.0 Å². The molecular weight excluding hydrogens is 374 g/mol. The molecule has 0 atom stereocenters. The lowest BCUT2D eigenvalue weighted by Gasteiger charge is -2.10. The van der Waals surface area contributed by atoms with Crippen LogP contribution < -0.4 is 4.74 Å². The summed E-state index contributed by atoms with van der Waals surface area (Å²) in [7, 11) is 0. The number of ketones is 1. The Morgan fingerprint density at radius 1 is 1.21 bits per heavy atom. The molecule has 5 heteroatoms. The third kappa shape index (κ3) is 3.88. The molecule has 0 amide bonds. The quantitative estimate of drug-likeness (QED) is 0.734. The molecule has 0 aliphatic rings. The molecule has 3 nitrogen and oxygen atoms in total. The monoisotopic (exact) mass is 383 g/mol. The number of carbonyl (C=O) groups is 1. The van der Waals surface area contributed by atoms with Crippen molar-refractivity contribution < 1.29 is 9.53 Å². The molecule has 0 saturated heterocycles. The van der Waals surface area contributed by atoms with Crippen LogP contribution in [0.15, 0.2) is 45.5 Å². The van der Waals surface area contributed by atoms with E-state index < -0.39 is 0 Å². The molecule has 0 bridgehead atoms. The van der Waals surface area contributed by atoms with Crippen molar-refractivity contribution in [3.8, 4) is 5.75 Å². The minimum Gasteiger partial charge on any atom is -0.487 e. The second-order valence-corrected chi connectivity index (χ2v) is 5.78. The largest absolute Gasteiger partial charge is 0.487 e. The highest BCUT2D eigenvalue weighted by Gasteiger charge is 2.09. The number of hydrogen-bond donors (Lipinski definition) is 0. The zero-order chi connectivity index (χ0) is 13.8. The number of carbonyl (C=O) groups excluding carboxylic acids is 1. The number of Topliss-reactive ketones (excluding diaryl/α,β-unsaturated/α-hetero) is 1. The predicted octanol–water partition coefficient (Wildman–Crippen LogP) is 4.39. The van der Waals surface area contributed by atoms with Crippen LogP contribution in [0.25, 0.3) is 0 Å². The summed E-state index contributed by atoms with van der Waals surface area (Å²) in [6.07, 6.45) is 1.71. The normalized spacial score (nSPS) is 10.3. The molecule has 98 valence electrons. The summed E-state index contributed by atoms with van der Waals surface area (Å²) in [4.78, 5) is 15.8. The van der Waals surface area contributed by atoms with Crippen LogP contribution in [0.2, 0.25) is 0 Å². The lowest BCUT2D eigenvalue weighted by molar-refractivity contribution is 0.101. The zero-order valence-corrected chi connectivity index (χ0v) is 13.4. The molecule has 2 aromatic rings. The standard InChI is InChI=1S/C14H11Br2NO2/c1-9(18)13-6-10(15)3-5-14(13)19-8-12-4-2-11(16)7-17-12/h2-7H,8H2,1H3. The Morgan fingerprint density at radius 2 is 1.95 bits per heavy atom. The Labute approximate surface area is 128 Å². The molecule has 1 aromatic carbocycles. The average molecular weight is 385 g/mol. The van der Waals surface area contributed by atoms with Crippen molar-refractivity contribution in [2.45, 2.75) is 13.5 Å². The number of rotatable bonds is 4. The van der Waals surface area contributed by atoms with Crippen molar-refractivity contribution in [3.05, 3.63) is 56.7 Å². The summed E-state index contributed by atoms with van der Waals surface area (Å²) in [5, 5.41) is 0. The van der Waals surface area contributed by atoms with Crippen LogP contribution in [0.3, 0.4) is 0 Å². The molecule has 0 aliphatic carbocycles. The van der Waals surface area contributed by atoms with E-state index in [0.717, 1.165) is 14.6 Å². The van der Waals surface area contributed by atoms with Gasteiger partial charge in [-0.25, -0.2) is 0 Å². The maximum Gasteiger partial charge on any atom is 0.163 e. The molecule has 0 spiro atoms. The van der Waals surface area contributed by atoms with Crippen molar-refractivity contribution in [1.82, 2.24) is 4.98 Å². The Morgan fingerprint density at radius 3 is 2.58 bits per heavy atom. The van der Waals surface area contributed by atoms with Gasteiger partial charge in [0.05, 0.1) is 11.3 Å². The van der Waals surface area contributed by atoms with E-state index in [1.165, 1.54) is 6.92 Å². The van der Waals surface area contributed by atoms with Crippen molar-refractivity contribution >= 4 is 37.6 Å². The number of nitrogens with zero attached hydrogens (tertiary/aromatic N) is 1. The highest BCUT2D eigenvalue weighted by Crippen LogP contribution is 2.24. The van der Waals surface area contributed by atoms with Gasteiger partial charge in [-0.1, -0.05) is 15.9 Å². The van der Waals surface area contributed by atoms with E-state index in [4.69, 9.17) is 4.74 Å². The SMILES string of the molecule is CC(=O)c1cc(Br)ccc1OCc1ccc(Br)cn1. The summed E-state index contributed by atoms with van der Waals surface area (Å²) in [5.74, 6) is 0.542. The fraction of sp³-hybridized carbons (Fsp3) is 0.143. The summed E-state index contributed by atoms with van der Waals surface area (Å²) >= 11 is 6.67. The zero-order valence-electron chi connectivity index (χ0n) is 10.2. The second-order valence-electron chi connectivity index (χ2n) is 3.95. The number of hydrogen-bond acceptors (Lipinski definition) is 3. The van der Waals surface area contributed by atoms with Crippen molar-refractivity contribution in [3.63, 3.8) is 0 Å². The van der Waals surface area contributed by atoms with Crippen LogP contribution in [0.4, 0.5) is 0 Å². The van der Waals surface area contributed by atoms with Gasteiger partial charge in [0.25, 0.3) is 0 Å². The van der Waals surface area contributed by atoms with Gasteiger partial charge in [0.1, 0.15) is 12.4 Å². The van der Waals surface area contributed by atoms with Crippen molar-refractivity contribution in [2.24, 2.45) is 0 Å². The highest BCUT2D eigenvalue weighted by molar-refractivity contribution is 9.10. The van der Waals surface area contributed by atoms with Gasteiger partial charge in [-0.05, 0) is 53.2 Å². The highest BCUT2D eigenvalue weighted by atomic mass is 79.9. The first-order valence-corrected chi connectivity index (χ1v) is 7.18. The summed E-state index contributed by atoms with van der Waals surface area (Å²) in [5.41, 5.74) is 1.37. The van der Waals surface area contributed by atoms with Gasteiger partial charge in [0.15, 0.2) is 5.78 Å². The maximum absolute atomic E-state index is 11.6. The van der Waals surface area contributed by atoms with E-state index in [9.17, 15) is 4.79 Å². The van der Waals surface area contributed by atoms with E-state index in [1.54, 1.807) is 18.3 Å². The third-order valence-corrected chi connectivity index (χ3v) is 3.45. The smallest absolute Gasteiger partial charge is 0.163 e. The fourth-order valence-electron chi connectivity index (χ4n) is 1.55. The third-order valence-electron chi connectivity index (χ3n) is 2.49. The van der Waals surface area contributed by atoms with E-state index >= 15 is 0 Å². The molecule has 1 aromatic heterocycles. The number of pyridine rings is 1. The molecule has 0 radical (unpaired) electrons. The van der Waals surface area contributed by atoms with E-state index in [1.807, 2.05) is 18.2 Å². The Balaban J connectivity index is 2.15. The minimum absolute atomic E-state index is 0.0277. The molecule has 0 unspecified atom stereocenters. The molecule has 0 aliphatic heterocycles. The van der Waals surface area contributed by atoms with Crippen molar-refractivity contribution in [2.75, 3.05) is 0 Å². The van der Waals surface area contributed by atoms with Crippen molar-refractivity contribution in [1.29, 1.82) is 0 Å². The molecule has 2 rings (SSSR count). The molecule has 0 saturated carbocycles. The van der Waals surface area contributed by atoms with Gasteiger partial charge >= 0.3 is 0 Å². The molecular formula is C14H11Br2NO2.